The highest BCUT2D eigenvalue weighted by molar-refractivity contribution is 6.27. The van der Waals surface area contributed by atoms with Gasteiger partial charge in [-0.3, -0.25) is 29.6 Å². The summed E-state index contributed by atoms with van der Waals surface area (Å²) in [5, 5.41) is 12.7. The number of pyridine rings is 1. The van der Waals surface area contributed by atoms with E-state index in [0.717, 1.165) is 0 Å². The minimum absolute atomic E-state index is 0.0153. The molecule has 0 aliphatic carbocycles. The molecule has 2 N–H and O–H groups in total. The Labute approximate surface area is 124 Å². The second kappa shape index (κ2) is 4.27. The first-order valence-corrected chi connectivity index (χ1v) is 6.86. The van der Waals surface area contributed by atoms with Gasteiger partial charge in [0.25, 0.3) is 5.91 Å². The van der Waals surface area contributed by atoms with Gasteiger partial charge in [-0.15, -0.1) is 0 Å². The predicted octanol–water partition coefficient (Wildman–Crippen LogP) is 0.706. The van der Waals surface area contributed by atoms with Crippen LogP contribution in [0.1, 0.15) is 23.2 Å². The van der Waals surface area contributed by atoms with Gasteiger partial charge in [-0.1, -0.05) is 0 Å². The standard InChI is InChI=1S/C15H11N3O4/c19-10-3-1-8-12-7(5-6-16-13(10)12)15(22)18(8)9-2-4-11(20)17-14(9)21/h1,3,5-6,9,19H,2,4H2,(H,17,20,21). The molecule has 1 unspecified atom stereocenters. The van der Waals surface area contributed by atoms with Crippen LogP contribution in [0, 0.1) is 0 Å². The van der Waals surface area contributed by atoms with Crippen LogP contribution in [-0.4, -0.2) is 33.9 Å². The molecule has 1 aromatic heterocycles. The number of aromatic nitrogens is 1. The molecule has 1 aromatic carbocycles. The van der Waals surface area contributed by atoms with Crippen molar-refractivity contribution in [1.82, 2.24) is 10.3 Å². The Hall–Kier alpha value is -2.96. The number of phenolic OH excluding ortho intramolecular Hbond substituents is 1. The van der Waals surface area contributed by atoms with Gasteiger partial charge in [0, 0.05) is 18.0 Å². The zero-order valence-electron chi connectivity index (χ0n) is 11.4. The maximum absolute atomic E-state index is 12.7. The number of nitrogens with zero attached hydrogens (tertiary/aromatic N) is 2. The zero-order chi connectivity index (χ0) is 15.4. The van der Waals surface area contributed by atoms with Gasteiger partial charge in [0.05, 0.1) is 11.3 Å². The number of amides is 3. The quantitative estimate of drug-likeness (QED) is 0.755. The molecule has 7 nitrogen and oxygen atoms in total. The van der Waals surface area contributed by atoms with Crippen molar-refractivity contribution in [2.24, 2.45) is 0 Å². The molecule has 7 heteroatoms. The van der Waals surface area contributed by atoms with Gasteiger partial charge in [0.15, 0.2) is 0 Å². The van der Waals surface area contributed by atoms with Crippen molar-refractivity contribution in [3.05, 3.63) is 30.0 Å². The van der Waals surface area contributed by atoms with Crippen molar-refractivity contribution in [1.29, 1.82) is 0 Å². The van der Waals surface area contributed by atoms with Crippen LogP contribution < -0.4 is 10.2 Å². The third-order valence-corrected chi connectivity index (χ3v) is 4.08. The molecule has 2 aliphatic rings. The molecule has 1 atom stereocenters. The smallest absolute Gasteiger partial charge is 0.259 e. The number of imide groups is 1. The molecule has 2 aromatic rings. The Morgan fingerprint density at radius 2 is 2.05 bits per heavy atom. The van der Waals surface area contributed by atoms with Gasteiger partial charge < -0.3 is 5.11 Å². The molecule has 1 fully saturated rings. The maximum atomic E-state index is 12.7. The molecule has 0 spiro atoms. The van der Waals surface area contributed by atoms with Crippen LogP contribution >= 0.6 is 0 Å². The first-order chi connectivity index (χ1) is 10.6. The first kappa shape index (κ1) is 12.8. The number of nitrogens with one attached hydrogen (secondary N) is 1. The Morgan fingerprint density at radius 1 is 1.23 bits per heavy atom. The molecule has 0 saturated carbocycles. The summed E-state index contributed by atoms with van der Waals surface area (Å²) in [7, 11) is 0. The number of hydrogen-bond donors (Lipinski definition) is 2. The van der Waals surface area contributed by atoms with E-state index in [1.54, 1.807) is 12.1 Å². The van der Waals surface area contributed by atoms with Gasteiger partial charge in [-0.25, -0.2) is 0 Å². The summed E-state index contributed by atoms with van der Waals surface area (Å²) in [5.74, 6) is -1.14. The number of piperidine rings is 1. The summed E-state index contributed by atoms with van der Waals surface area (Å²) in [4.78, 5) is 41.5. The average molecular weight is 297 g/mol. The van der Waals surface area contributed by atoms with E-state index in [2.05, 4.69) is 10.3 Å². The minimum atomic E-state index is -0.731. The van der Waals surface area contributed by atoms with Crippen molar-refractivity contribution >= 4 is 34.3 Å². The fourth-order valence-electron chi connectivity index (χ4n) is 3.09. The number of rotatable bonds is 1. The van der Waals surface area contributed by atoms with Gasteiger partial charge in [0.2, 0.25) is 11.8 Å². The predicted molar refractivity (Wildman–Crippen MR) is 76.4 cm³/mol. The van der Waals surface area contributed by atoms with E-state index in [4.69, 9.17) is 0 Å². The largest absolute Gasteiger partial charge is 0.506 e. The second-order valence-corrected chi connectivity index (χ2v) is 5.33. The fourth-order valence-corrected chi connectivity index (χ4v) is 3.09. The number of phenols is 1. The number of carbonyl (C=O) groups excluding carboxylic acids is 3. The summed E-state index contributed by atoms with van der Waals surface area (Å²) in [5.41, 5.74) is 1.27. The SMILES string of the molecule is O=C1CCC(N2C(=O)c3ccnc4c(O)ccc2c34)C(=O)N1. The summed E-state index contributed by atoms with van der Waals surface area (Å²) in [6.07, 6.45) is 1.92. The molecule has 1 saturated heterocycles. The normalized spacial score (nSPS) is 20.6. The third kappa shape index (κ3) is 1.56. The van der Waals surface area contributed by atoms with E-state index in [1.807, 2.05) is 0 Å². The number of hydrogen-bond acceptors (Lipinski definition) is 5. The van der Waals surface area contributed by atoms with Gasteiger partial charge in [-0.2, -0.15) is 0 Å². The summed E-state index contributed by atoms with van der Waals surface area (Å²) in [6, 6.07) is 3.88. The van der Waals surface area contributed by atoms with Crippen LogP contribution in [-0.2, 0) is 9.59 Å². The van der Waals surface area contributed by atoms with Crippen LogP contribution in [0.3, 0.4) is 0 Å². The van der Waals surface area contributed by atoms with E-state index in [0.29, 0.717) is 22.2 Å². The fraction of sp³-hybridized carbons (Fsp3) is 0.200. The lowest BCUT2D eigenvalue weighted by Crippen LogP contribution is -2.53. The molecular weight excluding hydrogens is 286 g/mol. The topological polar surface area (TPSA) is 99.6 Å². The Kier molecular flexibility index (Phi) is 2.47. The molecule has 0 bridgehead atoms. The Bertz CT molecular complexity index is 861. The van der Waals surface area contributed by atoms with Gasteiger partial charge >= 0.3 is 0 Å². The van der Waals surface area contributed by atoms with Crippen LogP contribution in [0.25, 0.3) is 10.9 Å². The molecule has 3 heterocycles. The summed E-state index contributed by atoms with van der Waals surface area (Å²) in [6.45, 7) is 0. The zero-order valence-corrected chi connectivity index (χ0v) is 11.4. The monoisotopic (exact) mass is 297 g/mol. The number of carbonyl (C=O) groups is 3. The molecule has 110 valence electrons. The lowest BCUT2D eigenvalue weighted by atomic mass is 10.0. The molecule has 22 heavy (non-hydrogen) atoms. The van der Waals surface area contributed by atoms with E-state index in [1.165, 1.54) is 17.2 Å². The average Bonchev–Trinajstić information content (AvgIpc) is 2.78. The van der Waals surface area contributed by atoms with E-state index in [9.17, 15) is 19.5 Å². The Morgan fingerprint density at radius 3 is 2.82 bits per heavy atom. The highest BCUT2D eigenvalue weighted by Gasteiger charge is 2.41. The molecule has 0 radical (unpaired) electrons. The molecular formula is C15H11N3O4. The highest BCUT2D eigenvalue weighted by atomic mass is 16.3. The minimum Gasteiger partial charge on any atom is -0.506 e. The van der Waals surface area contributed by atoms with Crippen molar-refractivity contribution in [2.75, 3.05) is 4.90 Å². The molecule has 2 aliphatic heterocycles. The molecule has 3 amide bonds. The Balaban J connectivity index is 1.89. The van der Waals surface area contributed by atoms with Crippen LogP contribution in [0.4, 0.5) is 5.69 Å². The van der Waals surface area contributed by atoms with Crippen molar-refractivity contribution < 1.29 is 19.5 Å². The highest BCUT2D eigenvalue weighted by Crippen LogP contribution is 2.41. The van der Waals surface area contributed by atoms with Crippen LogP contribution in [0.2, 0.25) is 0 Å². The molecule has 4 rings (SSSR count). The summed E-state index contributed by atoms with van der Waals surface area (Å²) < 4.78 is 0. The van der Waals surface area contributed by atoms with E-state index in [-0.39, 0.29) is 30.4 Å². The first-order valence-electron chi connectivity index (χ1n) is 6.86. The van der Waals surface area contributed by atoms with Gasteiger partial charge in [-0.05, 0) is 24.6 Å². The lowest BCUT2D eigenvalue weighted by Gasteiger charge is -2.30. The second-order valence-electron chi connectivity index (χ2n) is 5.33. The maximum Gasteiger partial charge on any atom is 0.259 e. The number of anilines is 1. The van der Waals surface area contributed by atoms with E-state index >= 15 is 0 Å². The number of aromatic hydroxyl groups is 1. The third-order valence-electron chi connectivity index (χ3n) is 4.08. The number of benzene rings is 1. The van der Waals surface area contributed by atoms with E-state index < -0.39 is 11.9 Å². The summed E-state index contributed by atoms with van der Waals surface area (Å²) >= 11 is 0. The lowest BCUT2D eigenvalue weighted by molar-refractivity contribution is -0.134. The van der Waals surface area contributed by atoms with Gasteiger partial charge in [0.1, 0.15) is 17.3 Å². The van der Waals surface area contributed by atoms with Crippen molar-refractivity contribution in [3.63, 3.8) is 0 Å². The van der Waals surface area contributed by atoms with Crippen LogP contribution in [0.5, 0.6) is 5.75 Å². The van der Waals surface area contributed by atoms with Crippen molar-refractivity contribution in [2.45, 2.75) is 18.9 Å². The van der Waals surface area contributed by atoms with Crippen LogP contribution in [0.15, 0.2) is 24.4 Å². The van der Waals surface area contributed by atoms with Crippen molar-refractivity contribution in [3.8, 4) is 5.75 Å².